The number of carbonyl (C=O) groups is 2. The molecule has 15 heavy (non-hydrogen) atoms. The van der Waals surface area contributed by atoms with Gasteiger partial charge in [0.05, 0.1) is 11.8 Å². The van der Waals surface area contributed by atoms with Crippen LogP contribution in [0.15, 0.2) is 0 Å². The number of ether oxygens (including phenoxy) is 1. The molecule has 0 fully saturated rings. The van der Waals surface area contributed by atoms with Crippen LogP contribution in [0.3, 0.4) is 0 Å². The summed E-state index contributed by atoms with van der Waals surface area (Å²) >= 11 is 0. The van der Waals surface area contributed by atoms with E-state index in [-0.39, 0.29) is 11.9 Å². The van der Waals surface area contributed by atoms with Crippen molar-refractivity contribution in [2.45, 2.75) is 46.6 Å². The molecule has 0 aliphatic carbocycles. The average molecular weight is 216 g/mol. The van der Waals surface area contributed by atoms with E-state index in [2.05, 4.69) is 0 Å². The van der Waals surface area contributed by atoms with Crippen molar-refractivity contribution in [2.75, 3.05) is 0 Å². The van der Waals surface area contributed by atoms with Crippen LogP contribution in [0.4, 0.5) is 0 Å². The highest BCUT2D eigenvalue weighted by molar-refractivity contribution is 5.74. The first-order chi connectivity index (χ1) is 6.63. The van der Waals surface area contributed by atoms with Gasteiger partial charge in [0.2, 0.25) is 0 Å². The van der Waals surface area contributed by atoms with E-state index in [1.807, 2.05) is 0 Å². The highest BCUT2D eigenvalue weighted by atomic mass is 16.6. The largest absolute Gasteiger partial charge is 0.481 e. The maximum atomic E-state index is 11.5. The Bertz CT molecular complexity index is 239. The lowest BCUT2D eigenvalue weighted by molar-refractivity contribution is -0.160. The number of rotatable bonds is 4. The summed E-state index contributed by atoms with van der Waals surface area (Å²) < 4.78 is 5.15. The average Bonchev–Trinajstić information content (AvgIpc) is 2.00. The number of carbonyl (C=O) groups excluding carboxylic acids is 1. The molecule has 0 aliphatic heterocycles. The van der Waals surface area contributed by atoms with E-state index in [1.165, 1.54) is 0 Å². The molecule has 0 heterocycles. The Labute approximate surface area is 90.6 Å². The van der Waals surface area contributed by atoms with Crippen LogP contribution in [0.25, 0.3) is 0 Å². The summed E-state index contributed by atoms with van der Waals surface area (Å²) in [4.78, 5) is 22.1. The second-order valence-corrected chi connectivity index (χ2v) is 4.91. The van der Waals surface area contributed by atoms with Crippen LogP contribution in [0.1, 0.15) is 41.0 Å². The first-order valence-electron chi connectivity index (χ1n) is 5.09. The van der Waals surface area contributed by atoms with Gasteiger partial charge in [-0.05, 0) is 27.2 Å². The van der Waals surface area contributed by atoms with Crippen LogP contribution in [0.2, 0.25) is 0 Å². The third-order valence-corrected chi connectivity index (χ3v) is 1.94. The number of esters is 1. The predicted octanol–water partition coefficient (Wildman–Crippen LogP) is 2.07. The Morgan fingerprint density at radius 2 is 1.67 bits per heavy atom. The molecule has 0 saturated heterocycles. The van der Waals surface area contributed by atoms with Gasteiger partial charge in [-0.1, -0.05) is 13.8 Å². The summed E-state index contributed by atoms with van der Waals surface area (Å²) in [5.41, 5.74) is -0.516. The third kappa shape index (κ3) is 6.10. The van der Waals surface area contributed by atoms with Gasteiger partial charge in [-0.3, -0.25) is 9.59 Å². The lowest BCUT2D eigenvalue weighted by Gasteiger charge is -2.22. The van der Waals surface area contributed by atoms with Gasteiger partial charge in [0, 0.05) is 0 Å². The van der Waals surface area contributed by atoms with Crippen molar-refractivity contribution in [2.24, 2.45) is 11.8 Å². The van der Waals surface area contributed by atoms with Crippen LogP contribution < -0.4 is 0 Å². The third-order valence-electron chi connectivity index (χ3n) is 1.94. The molecule has 0 aromatic heterocycles. The van der Waals surface area contributed by atoms with Crippen LogP contribution in [0.5, 0.6) is 0 Å². The number of carboxylic acid groups (broad SMARTS) is 1. The molecule has 0 radical (unpaired) electrons. The lowest BCUT2D eigenvalue weighted by atomic mass is 9.97. The zero-order chi connectivity index (χ0) is 12.2. The molecular formula is C11H20O4. The Hall–Kier alpha value is -1.06. The lowest BCUT2D eigenvalue weighted by Crippen LogP contribution is -2.29. The van der Waals surface area contributed by atoms with Crippen molar-refractivity contribution in [3.05, 3.63) is 0 Å². The van der Waals surface area contributed by atoms with Gasteiger partial charge in [-0.25, -0.2) is 0 Å². The fourth-order valence-electron chi connectivity index (χ4n) is 1.13. The molecule has 88 valence electrons. The van der Waals surface area contributed by atoms with Crippen LogP contribution in [0, 0.1) is 11.8 Å². The van der Waals surface area contributed by atoms with E-state index in [1.54, 1.807) is 34.6 Å². The fourth-order valence-corrected chi connectivity index (χ4v) is 1.13. The molecular weight excluding hydrogens is 196 g/mol. The smallest absolute Gasteiger partial charge is 0.309 e. The first-order valence-corrected chi connectivity index (χ1v) is 5.09. The first kappa shape index (κ1) is 13.9. The second kappa shape index (κ2) is 5.14. The molecule has 0 bridgehead atoms. The zero-order valence-electron chi connectivity index (χ0n) is 10.0. The summed E-state index contributed by atoms with van der Waals surface area (Å²) in [6.07, 6.45) is 0.310. The summed E-state index contributed by atoms with van der Waals surface area (Å²) in [6.45, 7) is 8.64. The van der Waals surface area contributed by atoms with Gasteiger partial charge in [0.25, 0.3) is 0 Å². The van der Waals surface area contributed by atoms with Crippen LogP contribution >= 0.6 is 0 Å². The van der Waals surface area contributed by atoms with Crippen molar-refractivity contribution in [1.82, 2.24) is 0 Å². The minimum Gasteiger partial charge on any atom is -0.481 e. The number of hydrogen-bond donors (Lipinski definition) is 1. The maximum absolute atomic E-state index is 11.5. The minimum atomic E-state index is -0.884. The zero-order valence-corrected chi connectivity index (χ0v) is 10.0. The van der Waals surface area contributed by atoms with Gasteiger partial charge >= 0.3 is 11.9 Å². The van der Waals surface area contributed by atoms with Gasteiger partial charge < -0.3 is 9.84 Å². The minimum absolute atomic E-state index is 0.310. The van der Waals surface area contributed by atoms with Crippen molar-refractivity contribution in [3.8, 4) is 0 Å². The van der Waals surface area contributed by atoms with Crippen LogP contribution in [-0.4, -0.2) is 22.6 Å². The Morgan fingerprint density at radius 1 is 1.20 bits per heavy atom. The summed E-state index contributed by atoms with van der Waals surface area (Å²) in [5, 5.41) is 8.69. The van der Waals surface area contributed by atoms with Crippen molar-refractivity contribution in [1.29, 1.82) is 0 Å². The second-order valence-electron chi connectivity index (χ2n) is 4.91. The fraction of sp³-hybridized carbons (Fsp3) is 0.818. The highest BCUT2D eigenvalue weighted by Crippen LogP contribution is 2.17. The Kier molecular flexibility index (Phi) is 4.78. The van der Waals surface area contributed by atoms with E-state index in [4.69, 9.17) is 9.84 Å². The SMILES string of the molecule is CC(CC(C)C(=O)OC(C)(C)C)C(=O)O. The summed E-state index contributed by atoms with van der Waals surface area (Å²) in [5.74, 6) is -2.12. The molecule has 0 amide bonds. The molecule has 2 atom stereocenters. The number of carboxylic acids is 1. The molecule has 0 aromatic rings. The van der Waals surface area contributed by atoms with Gasteiger partial charge in [-0.2, -0.15) is 0 Å². The van der Waals surface area contributed by atoms with E-state index in [9.17, 15) is 9.59 Å². The molecule has 0 spiro atoms. The van der Waals surface area contributed by atoms with Gasteiger partial charge in [0.15, 0.2) is 0 Å². The van der Waals surface area contributed by atoms with E-state index >= 15 is 0 Å². The Balaban J connectivity index is 4.17. The predicted molar refractivity (Wildman–Crippen MR) is 56.4 cm³/mol. The molecule has 0 aliphatic rings. The summed E-state index contributed by atoms with van der Waals surface area (Å²) in [7, 11) is 0. The van der Waals surface area contributed by atoms with E-state index in [0.29, 0.717) is 6.42 Å². The summed E-state index contributed by atoms with van der Waals surface area (Å²) in [6, 6.07) is 0. The van der Waals surface area contributed by atoms with E-state index < -0.39 is 17.5 Å². The normalized spacial score (nSPS) is 15.5. The van der Waals surface area contributed by atoms with Gasteiger partial charge in [0.1, 0.15) is 5.60 Å². The molecule has 1 N–H and O–H groups in total. The topological polar surface area (TPSA) is 63.6 Å². The van der Waals surface area contributed by atoms with Crippen molar-refractivity contribution in [3.63, 3.8) is 0 Å². The molecule has 0 aromatic carbocycles. The van der Waals surface area contributed by atoms with Gasteiger partial charge in [-0.15, -0.1) is 0 Å². The Morgan fingerprint density at radius 3 is 2.00 bits per heavy atom. The molecule has 2 unspecified atom stereocenters. The van der Waals surface area contributed by atoms with Crippen molar-refractivity contribution >= 4 is 11.9 Å². The molecule has 4 nitrogen and oxygen atoms in total. The highest BCUT2D eigenvalue weighted by Gasteiger charge is 2.25. The standard InChI is InChI=1S/C11H20O4/c1-7(9(12)13)6-8(2)10(14)15-11(3,4)5/h7-8H,6H2,1-5H3,(H,12,13). The molecule has 4 heteroatoms. The molecule has 0 rings (SSSR count). The molecule has 0 saturated carbocycles. The quantitative estimate of drug-likeness (QED) is 0.731. The number of aliphatic carboxylic acids is 1. The maximum Gasteiger partial charge on any atom is 0.309 e. The van der Waals surface area contributed by atoms with Crippen molar-refractivity contribution < 1.29 is 19.4 Å². The monoisotopic (exact) mass is 216 g/mol. The number of hydrogen-bond acceptors (Lipinski definition) is 3. The van der Waals surface area contributed by atoms with E-state index in [0.717, 1.165) is 0 Å². The van der Waals surface area contributed by atoms with Crippen LogP contribution in [-0.2, 0) is 14.3 Å².